The van der Waals surface area contributed by atoms with E-state index in [9.17, 15) is 18.7 Å². The second-order valence-electron chi connectivity index (χ2n) is 5.82. The molecule has 0 saturated heterocycles. The van der Waals surface area contributed by atoms with Gasteiger partial charge in [0.1, 0.15) is 11.5 Å². The Kier molecular flexibility index (Phi) is 5.66. The van der Waals surface area contributed by atoms with Gasteiger partial charge in [-0.2, -0.15) is 5.10 Å². The first kappa shape index (κ1) is 18.1. The standard InChI is InChI=1S/C17H21F2N3O2/c1-3-17(4-2,11-23)10-20-16(24)12-8-21-22(9-12)15-6-5-13(18)7-14(15)19/h5-9,23H,3-4,10-11H2,1-2H3,(H,20,24). The van der Waals surface area contributed by atoms with E-state index in [0.29, 0.717) is 6.54 Å². The van der Waals surface area contributed by atoms with Gasteiger partial charge in [0.2, 0.25) is 0 Å². The van der Waals surface area contributed by atoms with Crippen LogP contribution >= 0.6 is 0 Å². The highest BCUT2D eigenvalue weighted by atomic mass is 19.1. The fraction of sp³-hybridized carbons (Fsp3) is 0.412. The van der Waals surface area contributed by atoms with Crippen molar-refractivity contribution in [2.75, 3.05) is 13.2 Å². The molecule has 1 amide bonds. The van der Waals surface area contributed by atoms with E-state index < -0.39 is 11.6 Å². The fourth-order valence-electron chi connectivity index (χ4n) is 2.39. The van der Waals surface area contributed by atoms with Crippen LogP contribution in [0.1, 0.15) is 37.0 Å². The third-order valence-electron chi connectivity index (χ3n) is 4.46. The molecule has 0 aliphatic rings. The molecule has 0 spiro atoms. The van der Waals surface area contributed by atoms with Crippen LogP contribution in [0, 0.1) is 17.0 Å². The molecule has 2 rings (SSSR count). The van der Waals surface area contributed by atoms with Gasteiger partial charge in [0.25, 0.3) is 5.91 Å². The van der Waals surface area contributed by atoms with Crippen molar-refractivity contribution in [3.05, 3.63) is 47.8 Å². The van der Waals surface area contributed by atoms with Gasteiger partial charge < -0.3 is 10.4 Å². The topological polar surface area (TPSA) is 67.2 Å². The molecule has 2 N–H and O–H groups in total. The zero-order chi connectivity index (χ0) is 17.7. The summed E-state index contributed by atoms with van der Waals surface area (Å²) < 4.78 is 27.9. The van der Waals surface area contributed by atoms with Crippen molar-refractivity contribution in [3.8, 4) is 5.69 Å². The van der Waals surface area contributed by atoms with Crippen LogP contribution in [0.3, 0.4) is 0 Å². The molecule has 130 valence electrons. The van der Waals surface area contributed by atoms with E-state index in [1.165, 1.54) is 23.1 Å². The van der Waals surface area contributed by atoms with Crippen molar-refractivity contribution in [1.29, 1.82) is 0 Å². The maximum absolute atomic E-state index is 13.8. The van der Waals surface area contributed by atoms with Crippen molar-refractivity contribution < 1.29 is 18.7 Å². The molecule has 1 aromatic heterocycles. The first-order valence-electron chi connectivity index (χ1n) is 7.84. The summed E-state index contributed by atoms with van der Waals surface area (Å²) in [5.74, 6) is -1.80. The number of carbonyl (C=O) groups is 1. The predicted molar refractivity (Wildman–Crippen MR) is 85.9 cm³/mol. The Labute approximate surface area is 139 Å². The first-order valence-corrected chi connectivity index (χ1v) is 7.84. The normalized spacial score (nSPS) is 11.5. The average Bonchev–Trinajstić information content (AvgIpc) is 3.06. The number of nitrogens with zero attached hydrogens (tertiary/aromatic N) is 2. The molecule has 0 atom stereocenters. The first-order chi connectivity index (χ1) is 11.4. The van der Waals surface area contributed by atoms with Gasteiger partial charge in [0.15, 0.2) is 5.82 Å². The molecule has 2 aromatic rings. The Balaban J connectivity index is 2.11. The van der Waals surface area contributed by atoms with Gasteiger partial charge in [-0.3, -0.25) is 4.79 Å². The smallest absolute Gasteiger partial charge is 0.254 e. The monoisotopic (exact) mass is 337 g/mol. The van der Waals surface area contributed by atoms with Crippen molar-refractivity contribution in [1.82, 2.24) is 15.1 Å². The Morgan fingerprint density at radius 1 is 1.33 bits per heavy atom. The van der Waals surface area contributed by atoms with Crippen LogP contribution in [-0.2, 0) is 0 Å². The van der Waals surface area contributed by atoms with Gasteiger partial charge in [-0.1, -0.05) is 13.8 Å². The molecule has 24 heavy (non-hydrogen) atoms. The van der Waals surface area contributed by atoms with E-state index in [-0.39, 0.29) is 29.2 Å². The highest BCUT2D eigenvalue weighted by Crippen LogP contribution is 2.24. The van der Waals surface area contributed by atoms with E-state index in [1.807, 2.05) is 13.8 Å². The number of aliphatic hydroxyl groups excluding tert-OH is 1. The van der Waals surface area contributed by atoms with Crippen LogP contribution in [0.2, 0.25) is 0 Å². The lowest BCUT2D eigenvalue weighted by Crippen LogP contribution is -2.39. The van der Waals surface area contributed by atoms with Gasteiger partial charge in [-0.05, 0) is 25.0 Å². The molecule has 0 radical (unpaired) electrons. The summed E-state index contributed by atoms with van der Waals surface area (Å²) in [6.07, 6.45) is 4.17. The lowest BCUT2D eigenvalue weighted by molar-refractivity contribution is 0.0851. The number of halogens is 2. The lowest BCUT2D eigenvalue weighted by atomic mass is 9.83. The zero-order valence-electron chi connectivity index (χ0n) is 13.7. The van der Waals surface area contributed by atoms with E-state index in [2.05, 4.69) is 10.4 Å². The van der Waals surface area contributed by atoms with Crippen molar-refractivity contribution >= 4 is 5.91 Å². The molecular weight excluding hydrogens is 316 g/mol. The molecule has 7 heteroatoms. The minimum atomic E-state index is -0.763. The molecule has 1 heterocycles. The Bertz CT molecular complexity index is 703. The minimum Gasteiger partial charge on any atom is -0.396 e. The van der Waals surface area contributed by atoms with E-state index >= 15 is 0 Å². The number of carbonyl (C=O) groups excluding carboxylic acids is 1. The molecule has 1 aromatic carbocycles. The van der Waals surface area contributed by atoms with Crippen LogP contribution in [0.5, 0.6) is 0 Å². The largest absolute Gasteiger partial charge is 0.396 e. The second-order valence-corrected chi connectivity index (χ2v) is 5.82. The summed E-state index contributed by atoms with van der Waals surface area (Å²) in [6, 6.07) is 3.14. The molecule has 0 aliphatic carbocycles. The van der Waals surface area contributed by atoms with E-state index in [4.69, 9.17) is 0 Å². The summed E-state index contributed by atoms with van der Waals surface area (Å²) in [4.78, 5) is 12.2. The molecule has 0 unspecified atom stereocenters. The minimum absolute atomic E-state index is 0.0136. The number of amides is 1. The maximum Gasteiger partial charge on any atom is 0.254 e. The lowest BCUT2D eigenvalue weighted by Gasteiger charge is -2.29. The van der Waals surface area contributed by atoms with Crippen molar-refractivity contribution in [3.63, 3.8) is 0 Å². The SMILES string of the molecule is CCC(CC)(CO)CNC(=O)c1cnn(-c2ccc(F)cc2F)c1. The van der Waals surface area contributed by atoms with E-state index in [1.54, 1.807) is 0 Å². The third-order valence-corrected chi connectivity index (χ3v) is 4.46. The van der Waals surface area contributed by atoms with Gasteiger partial charge in [-0.25, -0.2) is 13.5 Å². The molecular formula is C17H21F2N3O2. The van der Waals surface area contributed by atoms with Crippen LogP contribution < -0.4 is 5.32 Å². The maximum atomic E-state index is 13.8. The summed E-state index contributed by atoms with van der Waals surface area (Å²) in [7, 11) is 0. The molecule has 0 fully saturated rings. The zero-order valence-corrected chi connectivity index (χ0v) is 13.7. The van der Waals surface area contributed by atoms with Crippen LogP contribution in [-0.4, -0.2) is 33.9 Å². The van der Waals surface area contributed by atoms with Crippen LogP contribution in [0.4, 0.5) is 8.78 Å². The summed E-state index contributed by atoms with van der Waals surface area (Å²) in [6.45, 7) is 4.24. The molecule has 5 nitrogen and oxygen atoms in total. The van der Waals surface area contributed by atoms with Crippen LogP contribution in [0.25, 0.3) is 5.69 Å². The van der Waals surface area contributed by atoms with Gasteiger partial charge in [-0.15, -0.1) is 0 Å². The molecule has 0 aliphatic heterocycles. The fourth-order valence-corrected chi connectivity index (χ4v) is 2.39. The number of aliphatic hydroxyl groups is 1. The number of rotatable bonds is 7. The number of benzene rings is 1. The number of hydrogen-bond acceptors (Lipinski definition) is 3. The predicted octanol–water partition coefficient (Wildman–Crippen LogP) is 2.68. The van der Waals surface area contributed by atoms with Crippen molar-refractivity contribution in [2.45, 2.75) is 26.7 Å². The third kappa shape index (κ3) is 3.79. The highest BCUT2D eigenvalue weighted by Gasteiger charge is 2.26. The molecule has 0 bridgehead atoms. The number of hydrogen-bond donors (Lipinski definition) is 2. The Morgan fingerprint density at radius 3 is 2.62 bits per heavy atom. The van der Waals surface area contributed by atoms with Gasteiger partial charge >= 0.3 is 0 Å². The Hall–Kier alpha value is -2.28. The summed E-state index contributed by atoms with van der Waals surface area (Å²) in [5, 5.41) is 16.2. The average molecular weight is 337 g/mol. The van der Waals surface area contributed by atoms with Crippen LogP contribution in [0.15, 0.2) is 30.6 Å². The van der Waals surface area contributed by atoms with Crippen molar-refractivity contribution in [2.24, 2.45) is 5.41 Å². The second kappa shape index (κ2) is 7.53. The quantitative estimate of drug-likeness (QED) is 0.816. The number of aromatic nitrogens is 2. The summed E-state index contributed by atoms with van der Waals surface area (Å²) >= 11 is 0. The van der Waals surface area contributed by atoms with E-state index in [0.717, 1.165) is 25.0 Å². The van der Waals surface area contributed by atoms with Gasteiger partial charge in [0, 0.05) is 24.2 Å². The number of nitrogens with one attached hydrogen (secondary N) is 1. The summed E-state index contributed by atoms with van der Waals surface area (Å²) in [5.41, 5.74) is -0.0330. The highest BCUT2D eigenvalue weighted by molar-refractivity contribution is 5.93. The Morgan fingerprint density at radius 2 is 2.04 bits per heavy atom. The van der Waals surface area contributed by atoms with Gasteiger partial charge in [0.05, 0.1) is 18.4 Å². The molecule has 0 saturated carbocycles.